The normalized spacial score (nSPS) is 20.0. The lowest BCUT2D eigenvalue weighted by Crippen LogP contribution is -2.25. The van der Waals surface area contributed by atoms with Gasteiger partial charge in [0.05, 0.1) is 17.4 Å². The van der Waals surface area contributed by atoms with Crippen molar-refractivity contribution in [3.8, 4) is 0 Å². The van der Waals surface area contributed by atoms with Gasteiger partial charge in [0.15, 0.2) is 0 Å². The average Bonchev–Trinajstić information content (AvgIpc) is 3.07. The summed E-state index contributed by atoms with van der Waals surface area (Å²) in [5, 5.41) is 10.9. The van der Waals surface area contributed by atoms with E-state index in [4.69, 9.17) is 4.74 Å². The molecule has 26 heavy (non-hydrogen) atoms. The van der Waals surface area contributed by atoms with Crippen molar-refractivity contribution in [2.45, 2.75) is 19.4 Å². The fraction of sp³-hybridized carbons (Fsp3) is 0.350. The molecule has 0 spiro atoms. The molecule has 0 unspecified atom stereocenters. The summed E-state index contributed by atoms with van der Waals surface area (Å²) in [7, 11) is 0. The lowest BCUT2D eigenvalue weighted by Gasteiger charge is -2.17. The van der Waals surface area contributed by atoms with Crippen LogP contribution in [0.1, 0.15) is 24.0 Å². The molecule has 2 aromatic carbocycles. The molecule has 6 nitrogen and oxygen atoms in total. The number of nitro benzene ring substituents is 1. The Balaban J connectivity index is 1.80. The van der Waals surface area contributed by atoms with Gasteiger partial charge in [0, 0.05) is 37.7 Å². The molecular formula is C20H22N2O4. The summed E-state index contributed by atoms with van der Waals surface area (Å²) in [4.78, 5) is 25.1. The van der Waals surface area contributed by atoms with E-state index in [-0.39, 0.29) is 23.5 Å². The molecule has 1 aliphatic heterocycles. The highest BCUT2D eigenvalue weighted by Gasteiger charge is 2.39. The SMILES string of the molecule is CCOC(=O)[C@@H]1CN(Cc2ccccc2)C[C@H]1c1ccc([N+](=O)[O-])cc1. The van der Waals surface area contributed by atoms with Crippen molar-refractivity contribution in [3.63, 3.8) is 0 Å². The van der Waals surface area contributed by atoms with Crippen LogP contribution in [0.2, 0.25) is 0 Å². The zero-order chi connectivity index (χ0) is 18.5. The van der Waals surface area contributed by atoms with Crippen molar-refractivity contribution in [3.05, 3.63) is 75.8 Å². The van der Waals surface area contributed by atoms with Crippen molar-refractivity contribution in [2.24, 2.45) is 5.92 Å². The van der Waals surface area contributed by atoms with Crippen LogP contribution < -0.4 is 0 Å². The average molecular weight is 354 g/mol. The van der Waals surface area contributed by atoms with Gasteiger partial charge in [-0.25, -0.2) is 0 Å². The Morgan fingerprint density at radius 1 is 1.15 bits per heavy atom. The van der Waals surface area contributed by atoms with Gasteiger partial charge in [0.2, 0.25) is 0 Å². The number of carbonyl (C=O) groups excluding carboxylic acids is 1. The third-order valence-corrected chi connectivity index (χ3v) is 4.77. The summed E-state index contributed by atoms with van der Waals surface area (Å²) in [6, 6.07) is 16.6. The summed E-state index contributed by atoms with van der Waals surface area (Å²) >= 11 is 0. The number of hydrogen-bond donors (Lipinski definition) is 0. The van der Waals surface area contributed by atoms with E-state index in [1.54, 1.807) is 19.1 Å². The molecule has 0 radical (unpaired) electrons. The molecule has 0 aromatic heterocycles. The lowest BCUT2D eigenvalue weighted by atomic mass is 9.89. The van der Waals surface area contributed by atoms with E-state index in [0.717, 1.165) is 18.7 Å². The molecule has 1 saturated heterocycles. The summed E-state index contributed by atoms with van der Waals surface area (Å²) in [6.45, 7) is 4.25. The highest BCUT2D eigenvalue weighted by molar-refractivity contribution is 5.74. The molecule has 0 amide bonds. The minimum atomic E-state index is -0.414. The van der Waals surface area contributed by atoms with Crippen LogP contribution in [0.5, 0.6) is 0 Å². The Morgan fingerprint density at radius 3 is 2.46 bits per heavy atom. The molecule has 1 fully saturated rings. The van der Waals surface area contributed by atoms with Gasteiger partial charge in [-0.3, -0.25) is 19.8 Å². The van der Waals surface area contributed by atoms with Gasteiger partial charge in [0.1, 0.15) is 0 Å². The largest absolute Gasteiger partial charge is 0.466 e. The number of carbonyl (C=O) groups is 1. The monoisotopic (exact) mass is 354 g/mol. The zero-order valence-corrected chi connectivity index (χ0v) is 14.7. The smallest absolute Gasteiger partial charge is 0.310 e. The number of esters is 1. The van der Waals surface area contributed by atoms with Crippen molar-refractivity contribution < 1.29 is 14.5 Å². The first-order valence-electron chi connectivity index (χ1n) is 8.75. The second kappa shape index (κ2) is 8.10. The zero-order valence-electron chi connectivity index (χ0n) is 14.7. The molecule has 2 atom stereocenters. The molecule has 136 valence electrons. The number of non-ortho nitro benzene ring substituents is 1. The molecule has 1 heterocycles. The van der Waals surface area contributed by atoms with E-state index in [1.807, 2.05) is 18.2 Å². The fourth-order valence-electron chi connectivity index (χ4n) is 3.53. The van der Waals surface area contributed by atoms with E-state index in [1.165, 1.54) is 17.7 Å². The Bertz CT molecular complexity index is 761. The Morgan fingerprint density at radius 2 is 1.85 bits per heavy atom. The summed E-state index contributed by atoms with van der Waals surface area (Å²) in [5.41, 5.74) is 2.18. The molecule has 3 rings (SSSR count). The highest BCUT2D eigenvalue weighted by atomic mass is 16.6. The number of rotatable bonds is 6. The number of benzene rings is 2. The van der Waals surface area contributed by atoms with Crippen LogP contribution in [0.4, 0.5) is 5.69 Å². The van der Waals surface area contributed by atoms with E-state index < -0.39 is 4.92 Å². The minimum Gasteiger partial charge on any atom is -0.466 e. The van der Waals surface area contributed by atoms with Gasteiger partial charge >= 0.3 is 5.97 Å². The molecule has 0 bridgehead atoms. The molecule has 0 aliphatic carbocycles. The van der Waals surface area contributed by atoms with Gasteiger partial charge in [-0.15, -0.1) is 0 Å². The number of hydrogen-bond acceptors (Lipinski definition) is 5. The van der Waals surface area contributed by atoms with Crippen LogP contribution in [0.15, 0.2) is 54.6 Å². The topological polar surface area (TPSA) is 72.7 Å². The lowest BCUT2D eigenvalue weighted by molar-refractivity contribution is -0.384. The van der Waals surface area contributed by atoms with E-state index in [2.05, 4.69) is 17.0 Å². The van der Waals surface area contributed by atoms with Gasteiger partial charge in [-0.2, -0.15) is 0 Å². The second-order valence-electron chi connectivity index (χ2n) is 6.49. The highest BCUT2D eigenvalue weighted by Crippen LogP contribution is 2.35. The van der Waals surface area contributed by atoms with E-state index >= 15 is 0 Å². The Hall–Kier alpha value is -2.73. The van der Waals surface area contributed by atoms with Crippen LogP contribution >= 0.6 is 0 Å². The predicted molar refractivity (Wildman–Crippen MR) is 97.7 cm³/mol. The minimum absolute atomic E-state index is 0.0291. The molecule has 0 N–H and O–H groups in total. The van der Waals surface area contributed by atoms with Crippen LogP contribution in [-0.2, 0) is 16.1 Å². The number of likely N-dealkylation sites (tertiary alicyclic amines) is 1. The van der Waals surface area contributed by atoms with Gasteiger partial charge in [0.25, 0.3) is 5.69 Å². The molecule has 1 aliphatic rings. The third kappa shape index (κ3) is 4.08. The van der Waals surface area contributed by atoms with Crippen molar-refractivity contribution >= 4 is 11.7 Å². The predicted octanol–water partition coefficient (Wildman–Crippen LogP) is 3.37. The van der Waals surface area contributed by atoms with E-state index in [9.17, 15) is 14.9 Å². The summed E-state index contributed by atoms with van der Waals surface area (Å²) < 4.78 is 5.26. The quantitative estimate of drug-likeness (QED) is 0.452. The fourth-order valence-corrected chi connectivity index (χ4v) is 3.53. The maximum absolute atomic E-state index is 12.4. The third-order valence-electron chi connectivity index (χ3n) is 4.77. The first-order chi connectivity index (χ1) is 12.6. The first kappa shape index (κ1) is 18.1. The first-order valence-corrected chi connectivity index (χ1v) is 8.75. The molecular weight excluding hydrogens is 332 g/mol. The van der Waals surface area contributed by atoms with Crippen LogP contribution in [0.3, 0.4) is 0 Å². The maximum Gasteiger partial charge on any atom is 0.310 e. The standard InChI is InChI=1S/C20H22N2O4/c1-2-26-20(23)19-14-21(12-15-6-4-3-5-7-15)13-18(19)16-8-10-17(11-9-16)22(24)25/h3-11,18-19H,2,12-14H2,1H3/t18-,19+/m0/s1. The van der Waals surface area contributed by atoms with Crippen LogP contribution in [-0.4, -0.2) is 35.5 Å². The molecule has 6 heteroatoms. The van der Waals surface area contributed by atoms with Crippen molar-refractivity contribution in [1.82, 2.24) is 4.90 Å². The number of ether oxygens (including phenoxy) is 1. The number of nitrogens with zero attached hydrogens (tertiary/aromatic N) is 2. The Labute approximate surface area is 152 Å². The molecule has 2 aromatic rings. The van der Waals surface area contributed by atoms with Crippen LogP contribution in [0, 0.1) is 16.0 Å². The van der Waals surface area contributed by atoms with Gasteiger partial charge < -0.3 is 4.74 Å². The van der Waals surface area contributed by atoms with Gasteiger partial charge in [-0.1, -0.05) is 42.5 Å². The van der Waals surface area contributed by atoms with Crippen LogP contribution in [0.25, 0.3) is 0 Å². The van der Waals surface area contributed by atoms with Gasteiger partial charge in [-0.05, 0) is 18.1 Å². The van der Waals surface area contributed by atoms with Crippen molar-refractivity contribution in [2.75, 3.05) is 19.7 Å². The summed E-state index contributed by atoms with van der Waals surface area (Å²) in [6.07, 6.45) is 0. The molecule has 0 saturated carbocycles. The van der Waals surface area contributed by atoms with Crippen molar-refractivity contribution in [1.29, 1.82) is 0 Å². The number of nitro groups is 1. The second-order valence-corrected chi connectivity index (χ2v) is 6.49. The maximum atomic E-state index is 12.4. The Kier molecular flexibility index (Phi) is 5.63. The van der Waals surface area contributed by atoms with E-state index in [0.29, 0.717) is 13.2 Å². The summed E-state index contributed by atoms with van der Waals surface area (Å²) in [5.74, 6) is -0.495.